The molecule has 0 aliphatic carbocycles. The zero-order valence-corrected chi connectivity index (χ0v) is 14.2. The van der Waals surface area contributed by atoms with Gasteiger partial charge in [-0.1, -0.05) is 12.1 Å². The molecule has 0 fully saturated rings. The van der Waals surface area contributed by atoms with E-state index in [-0.39, 0.29) is 18.8 Å². The smallest absolute Gasteiger partial charge is 0.314 e. The first-order chi connectivity index (χ1) is 10.8. The molecule has 3 amide bonds. The predicted molar refractivity (Wildman–Crippen MR) is 86.6 cm³/mol. The molecule has 0 radical (unpaired) electrons. The number of urea groups is 1. The van der Waals surface area contributed by atoms with Gasteiger partial charge in [0.15, 0.2) is 0 Å². The Morgan fingerprint density at radius 2 is 1.83 bits per heavy atom. The topological polar surface area (TPSA) is 120 Å². The molecule has 0 atom stereocenters. The Balaban J connectivity index is 2.83. The first kappa shape index (κ1) is 19.2. The normalized spacial score (nSPS) is 10.9. The lowest BCUT2D eigenvalue weighted by Gasteiger charge is -2.21. The summed E-state index contributed by atoms with van der Waals surface area (Å²) in [6.45, 7) is 0.724. The van der Waals surface area contributed by atoms with E-state index in [1.54, 1.807) is 13.8 Å². The van der Waals surface area contributed by atoms with E-state index in [2.05, 4.69) is 5.09 Å². The quantitative estimate of drug-likeness (QED) is 0.434. The lowest BCUT2D eigenvalue weighted by molar-refractivity contribution is -0.385. The van der Waals surface area contributed by atoms with E-state index in [4.69, 9.17) is 20.9 Å². The van der Waals surface area contributed by atoms with Crippen LogP contribution in [0.4, 0.5) is 10.5 Å². The molecule has 9 nitrogen and oxygen atoms in total. The molecular weight excluding hydrogens is 345 g/mol. The van der Waals surface area contributed by atoms with Crippen molar-refractivity contribution in [3.63, 3.8) is 0 Å². The fourth-order valence-corrected chi connectivity index (χ4v) is 3.66. The van der Waals surface area contributed by atoms with Gasteiger partial charge in [0, 0.05) is 6.07 Å². The van der Waals surface area contributed by atoms with Gasteiger partial charge in [-0.05, 0) is 31.7 Å². The third kappa shape index (κ3) is 5.68. The molecule has 0 aromatic heterocycles. The maximum atomic E-state index is 12.0. The second-order valence-electron chi connectivity index (χ2n) is 4.00. The van der Waals surface area contributed by atoms with Gasteiger partial charge >= 0.3 is 6.03 Å². The number of carbonyl (C=O) groups is 2. The van der Waals surface area contributed by atoms with Crippen LogP contribution in [0.2, 0.25) is 0 Å². The molecule has 1 aromatic carbocycles. The van der Waals surface area contributed by atoms with Crippen molar-refractivity contribution >= 4 is 36.1 Å². The molecule has 0 saturated carbocycles. The Morgan fingerprint density at radius 3 is 2.35 bits per heavy atom. The Morgan fingerprint density at radius 1 is 1.26 bits per heavy atom. The maximum absolute atomic E-state index is 12.0. The van der Waals surface area contributed by atoms with E-state index in [1.165, 1.54) is 18.2 Å². The molecule has 0 unspecified atom stereocenters. The number of hydrogen-bond acceptors (Lipinski definition) is 7. The molecule has 23 heavy (non-hydrogen) atoms. The summed E-state index contributed by atoms with van der Waals surface area (Å²) in [5, 5.41) is 15.1. The summed E-state index contributed by atoms with van der Waals surface area (Å²) in [6.07, 6.45) is 0. The molecular formula is C12H16N3O6PS. The van der Waals surface area contributed by atoms with Crippen molar-refractivity contribution in [1.29, 1.82) is 0 Å². The third-order valence-electron chi connectivity index (χ3n) is 2.41. The lowest BCUT2D eigenvalue weighted by Crippen LogP contribution is -2.38. The standard InChI is InChI=1S/C12H16N3O6PS/c1-3-20-22(23,21-4-2)14-12(17)13-11(16)9-7-5-6-8-10(9)15(18)19/h5-8H,3-4H2,1-2H3,(H2,13,14,16,17,23). The lowest BCUT2D eigenvalue weighted by atomic mass is 10.1. The highest BCUT2D eigenvalue weighted by atomic mass is 32.5. The maximum Gasteiger partial charge on any atom is 0.328 e. The van der Waals surface area contributed by atoms with Crippen LogP contribution < -0.4 is 10.4 Å². The molecule has 1 rings (SSSR count). The number of nitro benzene ring substituents is 1. The predicted octanol–water partition coefficient (Wildman–Crippen LogP) is 2.33. The summed E-state index contributed by atoms with van der Waals surface area (Å²) in [4.78, 5) is 34.0. The van der Waals surface area contributed by atoms with Crippen LogP contribution in [0.15, 0.2) is 24.3 Å². The summed E-state index contributed by atoms with van der Waals surface area (Å²) in [5.41, 5.74) is -0.652. The van der Waals surface area contributed by atoms with Gasteiger partial charge in [0.25, 0.3) is 18.2 Å². The SMILES string of the molecule is CCOP(=S)(NC(=O)NC(=O)c1ccccc1[N+](=O)[O-])OCC. The molecule has 2 N–H and O–H groups in total. The van der Waals surface area contributed by atoms with Crippen molar-refractivity contribution in [3.8, 4) is 0 Å². The van der Waals surface area contributed by atoms with Crippen LogP contribution in [-0.2, 0) is 20.9 Å². The van der Waals surface area contributed by atoms with Crippen LogP contribution in [0.5, 0.6) is 0 Å². The van der Waals surface area contributed by atoms with Gasteiger partial charge in [0.1, 0.15) is 5.56 Å². The number of nitro groups is 1. The van der Waals surface area contributed by atoms with Crippen molar-refractivity contribution in [3.05, 3.63) is 39.9 Å². The zero-order valence-electron chi connectivity index (χ0n) is 12.5. The van der Waals surface area contributed by atoms with Gasteiger partial charge < -0.3 is 9.05 Å². The molecule has 11 heteroatoms. The van der Waals surface area contributed by atoms with Gasteiger partial charge in [0.05, 0.1) is 18.1 Å². The summed E-state index contributed by atoms with van der Waals surface area (Å²) >= 11 is 5.09. The van der Waals surface area contributed by atoms with Crippen LogP contribution in [0.25, 0.3) is 0 Å². The fraction of sp³-hybridized carbons (Fsp3) is 0.333. The number of imide groups is 1. The average Bonchev–Trinajstić information content (AvgIpc) is 2.47. The van der Waals surface area contributed by atoms with Gasteiger partial charge in [0.2, 0.25) is 0 Å². The largest absolute Gasteiger partial charge is 0.328 e. The molecule has 0 aliphatic rings. The molecule has 0 bridgehead atoms. The second-order valence-corrected chi connectivity index (χ2v) is 7.18. The first-order valence-corrected chi connectivity index (χ1v) is 9.23. The molecule has 0 spiro atoms. The number of hydrogen-bond donors (Lipinski definition) is 2. The van der Waals surface area contributed by atoms with Gasteiger partial charge in [-0.3, -0.25) is 25.3 Å². The summed E-state index contributed by atoms with van der Waals surface area (Å²) in [7, 11) is 0. The van der Waals surface area contributed by atoms with Gasteiger partial charge in [-0.25, -0.2) is 4.79 Å². The molecule has 0 saturated heterocycles. The highest BCUT2D eigenvalue weighted by molar-refractivity contribution is 8.09. The van der Waals surface area contributed by atoms with Crippen molar-refractivity contribution < 1.29 is 23.6 Å². The number of amides is 3. The minimum atomic E-state index is -3.07. The first-order valence-electron chi connectivity index (χ1n) is 6.59. The van der Waals surface area contributed by atoms with E-state index in [0.717, 1.165) is 6.07 Å². The monoisotopic (exact) mass is 361 g/mol. The van der Waals surface area contributed by atoms with E-state index in [0.29, 0.717) is 0 Å². The third-order valence-corrected chi connectivity index (χ3v) is 4.99. The minimum absolute atomic E-state index is 0.218. The minimum Gasteiger partial charge on any atom is -0.314 e. The zero-order chi connectivity index (χ0) is 17.5. The van der Waals surface area contributed by atoms with Crippen molar-refractivity contribution in [1.82, 2.24) is 10.4 Å². The number of para-hydroxylation sites is 1. The highest BCUT2D eigenvalue weighted by Gasteiger charge is 2.25. The Kier molecular flexibility index (Phi) is 7.24. The van der Waals surface area contributed by atoms with Crippen molar-refractivity contribution in [2.45, 2.75) is 13.8 Å². The van der Waals surface area contributed by atoms with Gasteiger partial charge in [-0.15, -0.1) is 0 Å². The van der Waals surface area contributed by atoms with Crippen LogP contribution in [0.3, 0.4) is 0 Å². The van der Waals surface area contributed by atoms with Crippen LogP contribution in [0.1, 0.15) is 24.2 Å². The average molecular weight is 361 g/mol. The molecule has 1 aromatic rings. The summed E-state index contributed by atoms with van der Waals surface area (Å²) in [6, 6.07) is 4.32. The summed E-state index contributed by atoms with van der Waals surface area (Å²) < 4.78 is 10.4. The van der Waals surface area contributed by atoms with Crippen molar-refractivity contribution in [2.75, 3.05) is 13.2 Å². The Labute approximate surface area is 137 Å². The van der Waals surface area contributed by atoms with Crippen LogP contribution >= 0.6 is 6.64 Å². The van der Waals surface area contributed by atoms with E-state index < -0.39 is 29.2 Å². The number of rotatable bonds is 7. The fourth-order valence-electron chi connectivity index (χ4n) is 1.59. The van der Waals surface area contributed by atoms with E-state index >= 15 is 0 Å². The summed E-state index contributed by atoms with van der Waals surface area (Å²) in [5.74, 6) is -0.927. The number of benzene rings is 1. The molecule has 0 aliphatic heterocycles. The van der Waals surface area contributed by atoms with E-state index in [1.807, 2.05) is 5.32 Å². The highest BCUT2D eigenvalue weighted by Crippen LogP contribution is 2.43. The Hall–Kier alpha value is -1.87. The van der Waals surface area contributed by atoms with Gasteiger partial charge in [-0.2, -0.15) is 0 Å². The molecule has 126 valence electrons. The van der Waals surface area contributed by atoms with Crippen LogP contribution in [-0.4, -0.2) is 30.1 Å². The number of carbonyl (C=O) groups excluding carboxylic acids is 2. The molecule has 0 heterocycles. The Bertz CT molecular complexity index is 643. The van der Waals surface area contributed by atoms with Crippen molar-refractivity contribution in [2.24, 2.45) is 0 Å². The number of nitrogens with zero attached hydrogens (tertiary/aromatic N) is 1. The van der Waals surface area contributed by atoms with Crippen LogP contribution in [0, 0.1) is 10.1 Å². The number of nitrogens with one attached hydrogen (secondary N) is 2. The second kappa shape index (κ2) is 8.68. The van der Waals surface area contributed by atoms with E-state index in [9.17, 15) is 19.7 Å².